The third kappa shape index (κ3) is 10.3. The molecule has 0 aromatic heterocycles. The van der Waals surface area contributed by atoms with Crippen molar-refractivity contribution in [3.05, 3.63) is 0 Å². The van der Waals surface area contributed by atoms with Crippen molar-refractivity contribution in [1.29, 1.82) is 0 Å². The number of amides is 3. The second-order valence-electron chi connectivity index (χ2n) is 6.51. The van der Waals surface area contributed by atoms with Gasteiger partial charge in [0.15, 0.2) is 0 Å². The van der Waals surface area contributed by atoms with Crippen molar-refractivity contribution < 1.29 is 54.3 Å². The minimum atomic E-state index is -1.84. The first kappa shape index (κ1) is 27.7. The Kier molecular flexibility index (Phi) is 11.7. The summed E-state index contributed by atoms with van der Waals surface area (Å²) in [5.74, 6) is -7.71. The number of hydrogen-bond acceptors (Lipinski definition) is 9. The first-order chi connectivity index (χ1) is 14.3. The summed E-state index contributed by atoms with van der Waals surface area (Å²) in [6, 6.07) is -6.54. The molecule has 15 heteroatoms. The maximum atomic E-state index is 12.3. The summed E-state index contributed by atoms with van der Waals surface area (Å²) >= 11 is 0. The Labute approximate surface area is 175 Å². The lowest BCUT2D eigenvalue weighted by atomic mass is 10.1. The third-order valence-corrected chi connectivity index (χ3v) is 3.88. The Morgan fingerprint density at radius 2 is 1.39 bits per heavy atom. The molecule has 5 atom stereocenters. The number of carbonyl (C=O) groups excluding carboxylic acids is 3. The van der Waals surface area contributed by atoms with E-state index in [9.17, 15) is 39.0 Å². The molecule has 15 nitrogen and oxygen atoms in total. The van der Waals surface area contributed by atoms with Crippen molar-refractivity contribution in [2.45, 2.75) is 56.5 Å². The third-order valence-electron chi connectivity index (χ3n) is 3.88. The van der Waals surface area contributed by atoms with E-state index in [0.717, 1.165) is 6.92 Å². The van der Waals surface area contributed by atoms with E-state index in [1.807, 2.05) is 10.6 Å². The topological polar surface area (TPSA) is 266 Å². The average Bonchev–Trinajstić information content (AvgIpc) is 2.66. The summed E-state index contributed by atoms with van der Waals surface area (Å²) in [5.41, 5.74) is 5.49. The molecule has 0 radical (unpaired) electrons. The Morgan fingerprint density at radius 3 is 1.81 bits per heavy atom. The van der Waals surface area contributed by atoms with Gasteiger partial charge < -0.3 is 47.2 Å². The van der Waals surface area contributed by atoms with E-state index < -0.39 is 85.3 Å². The van der Waals surface area contributed by atoms with Crippen molar-refractivity contribution in [2.75, 3.05) is 6.61 Å². The zero-order valence-electron chi connectivity index (χ0n) is 16.5. The number of nitrogens with one attached hydrogen (secondary N) is 3. The SMILES string of the molecule is CC(O)C(NC(=O)C(CO)NC(=O)C(N)CCC(=O)O)C(=O)NC(CC(=O)O)C(=O)O. The van der Waals surface area contributed by atoms with Gasteiger partial charge in [-0.3, -0.25) is 24.0 Å². The van der Waals surface area contributed by atoms with E-state index in [-0.39, 0.29) is 6.42 Å². The minimum Gasteiger partial charge on any atom is -0.481 e. The van der Waals surface area contributed by atoms with Gasteiger partial charge in [-0.2, -0.15) is 0 Å². The van der Waals surface area contributed by atoms with Gasteiger partial charge in [-0.15, -0.1) is 0 Å². The van der Waals surface area contributed by atoms with Crippen LogP contribution in [0.4, 0.5) is 0 Å². The molecule has 0 aromatic carbocycles. The first-order valence-electron chi connectivity index (χ1n) is 8.92. The van der Waals surface area contributed by atoms with Crippen LogP contribution in [-0.2, 0) is 28.8 Å². The highest BCUT2D eigenvalue weighted by atomic mass is 16.4. The summed E-state index contributed by atoms with van der Waals surface area (Å²) < 4.78 is 0. The summed E-state index contributed by atoms with van der Waals surface area (Å²) in [7, 11) is 0. The number of hydrogen-bond donors (Lipinski definition) is 9. The fourth-order valence-electron chi connectivity index (χ4n) is 2.18. The van der Waals surface area contributed by atoms with Crippen molar-refractivity contribution >= 4 is 35.6 Å². The number of carbonyl (C=O) groups is 6. The van der Waals surface area contributed by atoms with Crippen LogP contribution in [-0.4, -0.2) is 98.0 Å². The van der Waals surface area contributed by atoms with Crippen LogP contribution in [0, 0.1) is 0 Å². The fourth-order valence-corrected chi connectivity index (χ4v) is 2.18. The predicted molar refractivity (Wildman–Crippen MR) is 99.3 cm³/mol. The van der Waals surface area contributed by atoms with Gasteiger partial charge in [-0.05, 0) is 13.3 Å². The molecule has 3 amide bonds. The quantitative estimate of drug-likeness (QED) is 0.121. The zero-order chi connectivity index (χ0) is 24.3. The first-order valence-corrected chi connectivity index (χ1v) is 8.92. The summed E-state index contributed by atoms with van der Waals surface area (Å²) in [5, 5.41) is 51.3. The van der Waals surface area contributed by atoms with E-state index in [1.54, 1.807) is 0 Å². The predicted octanol–water partition coefficient (Wildman–Crippen LogP) is -4.43. The highest BCUT2D eigenvalue weighted by Crippen LogP contribution is 2.01. The maximum Gasteiger partial charge on any atom is 0.326 e. The second-order valence-corrected chi connectivity index (χ2v) is 6.51. The molecule has 0 spiro atoms. The van der Waals surface area contributed by atoms with Crippen LogP contribution in [0.3, 0.4) is 0 Å². The largest absolute Gasteiger partial charge is 0.481 e. The fraction of sp³-hybridized carbons (Fsp3) is 0.625. The number of aliphatic hydroxyl groups excluding tert-OH is 2. The highest BCUT2D eigenvalue weighted by Gasteiger charge is 2.33. The maximum absolute atomic E-state index is 12.3. The average molecular weight is 450 g/mol. The number of aliphatic hydroxyl groups is 2. The molecule has 0 aliphatic carbocycles. The molecule has 0 fully saturated rings. The Bertz CT molecular complexity index is 697. The molecule has 0 bridgehead atoms. The van der Waals surface area contributed by atoms with Crippen LogP contribution in [0.2, 0.25) is 0 Å². The normalized spacial score (nSPS) is 15.5. The van der Waals surface area contributed by atoms with Crippen molar-refractivity contribution in [2.24, 2.45) is 5.73 Å². The molecule has 10 N–H and O–H groups in total. The lowest BCUT2D eigenvalue weighted by molar-refractivity contribution is -0.148. The lowest BCUT2D eigenvalue weighted by Crippen LogP contribution is -2.60. The molecule has 0 aromatic rings. The lowest BCUT2D eigenvalue weighted by Gasteiger charge is -2.25. The van der Waals surface area contributed by atoms with E-state index in [4.69, 9.17) is 21.1 Å². The molecule has 0 rings (SSSR count). The molecule has 0 aliphatic heterocycles. The molecule has 31 heavy (non-hydrogen) atoms. The van der Waals surface area contributed by atoms with Crippen molar-refractivity contribution in [3.63, 3.8) is 0 Å². The molecule has 0 saturated heterocycles. The van der Waals surface area contributed by atoms with Gasteiger partial charge in [-0.1, -0.05) is 0 Å². The van der Waals surface area contributed by atoms with E-state index in [1.165, 1.54) is 0 Å². The molecule has 176 valence electrons. The van der Waals surface area contributed by atoms with Gasteiger partial charge in [0.05, 0.1) is 25.2 Å². The van der Waals surface area contributed by atoms with Crippen LogP contribution >= 0.6 is 0 Å². The summed E-state index contributed by atoms with van der Waals surface area (Å²) in [6.07, 6.45) is -3.21. The molecule has 0 heterocycles. The molecule has 0 aliphatic rings. The Morgan fingerprint density at radius 1 is 0.839 bits per heavy atom. The highest BCUT2D eigenvalue weighted by molar-refractivity contribution is 5.95. The molecule has 5 unspecified atom stereocenters. The van der Waals surface area contributed by atoms with Crippen LogP contribution in [0.1, 0.15) is 26.2 Å². The molecular formula is C16H26N4O11. The number of carboxylic acid groups (broad SMARTS) is 3. The van der Waals surface area contributed by atoms with Crippen LogP contribution in [0.15, 0.2) is 0 Å². The number of carboxylic acids is 3. The van der Waals surface area contributed by atoms with Gasteiger partial charge in [0.1, 0.15) is 18.1 Å². The van der Waals surface area contributed by atoms with E-state index in [0.29, 0.717) is 0 Å². The number of nitrogens with two attached hydrogens (primary N) is 1. The second kappa shape index (κ2) is 13.1. The van der Waals surface area contributed by atoms with Crippen molar-refractivity contribution in [1.82, 2.24) is 16.0 Å². The molecule has 0 saturated carbocycles. The number of rotatable bonds is 14. The Balaban J connectivity index is 5.16. The monoisotopic (exact) mass is 450 g/mol. The van der Waals surface area contributed by atoms with Crippen molar-refractivity contribution in [3.8, 4) is 0 Å². The van der Waals surface area contributed by atoms with Crippen LogP contribution < -0.4 is 21.7 Å². The minimum absolute atomic E-state index is 0.250. The van der Waals surface area contributed by atoms with Crippen LogP contribution in [0.5, 0.6) is 0 Å². The smallest absolute Gasteiger partial charge is 0.326 e. The van der Waals surface area contributed by atoms with E-state index >= 15 is 0 Å². The van der Waals surface area contributed by atoms with Gasteiger partial charge in [-0.25, -0.2) is 4.79 Å². The van der Waals surface area contributed by atoms with Gasteiger partial charge >= 0.3 is 17.9 Å². The number of aliphatic carboxylic acids is 3. The van der Waals surface area contributed by atoms with Gasteiger partial charge in [0.2, 0.25) is 17.7 Å². The molecular weight excluding hydrogens is 424 g/mol. The summed E-state index contributed by atoms with van der Waals surface area (Å²) in [4.78, 5) is 68.8. The van der Waals surface area contributed by atoms with Gasteiger partial charge in [0.25, 0.3) is 0 Å². The van der Waals surface area contributed by atoms with E-state index in [2.05, 4.69) is 5.32 Å². The standard InChI is InChI=1S/C16H26N4O11/c1-6(22)12(15(29)18-8(16(30)31)4-11(25)26)20-14(28)9(5-21)19-13(27)7(17)2-3-10(23)24/h6-9,12,21-22H,2-5,17H2,1H3,(H,18,29)(H,19,27)(H,20,28)(H,23,24)(H,25,26)(H,30,31). The van der Waals surface area contributed by atoms with Gasteiger partial charge in [0, 0.05) is 6.42 Å². The Hall–Kier alpha value is -3.30. The summed E-state index contributed by atoms with van der Waals surface area (Å²) in [6.45, 7) is 0.125. The zero-order valence-corrected chi connectivity index (χ0v) is 16.5. The van der Waals surface area contributed by atoms with Crippen LogP contribution in [0.25, 0.3) is 0 Å².